The predicted molar refractivity (Wildman–Crippen MR) is 86.7 cm³/mol. The van der Waals surface area contributed by atoms with E-state index in [9.17, 15) is 4.79 Å². The molecule has 0 radical (unpaired) electrons. The van der Waals surface area contributed by atoms with Gasteiger partial charge in [0.15, 0.2) is 0 Å². The number of nitrogens with zero attached hydrogens (tertiary/aromatic N) is 1. The Bertz CT molecular complexity index is 879. The van der Waals surface area contributed by atoms with Crippen LogP contribution < -0.4 is 0 Å². The Balaban J connectivity index is 1.73. The van der Waals surface area contributed by atoms with Crippen LogP contribution in [0.15, 0.2) is 42.5 Å². The van der Waals surface area contributed by atoms with E-state index in [-0.39, 0.29) is 5.69 Å². The highest BCUT2D eigenvalue weighted by Gasteiger charge is 2.19. The van der Waals surface area contributed by atoms with Crippen molar-refractivity contribution in [2.75, 3.05) is 13.2 Å². The zero-order chi connectivity index (χ0) is 15.8. The number of hydrogen-bond acceptors (Lipinski definition) is 3. The van der Waals surface area contributed by atoms with Crippen molar-refractivity contribution in [1.82, 2.24) is 9.97 Å². The maximum Gasteiger partial charge on any atom is 0.352 e. The van der Waals surface area contributed by atoms with Gasteiger partial charge >= 0.3 is 5.97 Å². The number of pyridine rings is 1. The lowest BCUT2D eigenvalue weighted by atomic mass is 10.0. The molecule has 3 heterocycles. The first-order chi connectivity index (χ1) is 11.2. The SMILES string of the molecule is O=C(O)c1cc2cc(-c3cccc([C@H]4CCOC4)n3)ccc2[nH]1. The highest BCUT2D eigenvalue weighted by atomic mass is 16.5. The van der Waals surface area contributed by atoms with Gasteiger partial charge < -0.3 is 14.8 Å². The minimum Gasteiger partial charge on any atom is -0.477 e. The van der Waals surface area contributed by atoms with Gasteiger partial charge in [-0.2, -0.15) is 0 Å². The highest BCUT2D eigenvalue weighted by Crippen LogP contribution is 2.28. The number of rotatable bonds is 3. The molecule has 1 saturated heterocycles. The topological polar surface area (TPSA) is 75.2 Å². The van der Waals surface area contributed by atoms with Crippen molar-refractivity contribution >= 4 is 16.9 Å². The third-order valence-corrected chi connectivity index (χ3v) is 4.27. The Kier molecular flexibility index (Phi) is 3.35. The average molecular weight is 308 g/mol. The fraction of sp³-hybridized carbons (Fsp3) is 0.222. The summed E-state index contributed by atoms with van der Waals surface area (Å²) in [7, 11) is 0. The van der Waals surface area contributed by atoms with Crippen LogP contribution in [0.25, 0.3) is 22.2 Å². The second-order valence-electron chi connectivity index (χ2n) is 5.80. The molecule has 1 aliphatic heterocycles. The number of aromatic amines is 1. The maximum atomic E-state index is 11.1. The van der Waals surface area contributed by atoms with Gasteiger partial charge in [-0.3, -0.25) is 4.98 Å². The average Bonchev–Trinajstić information content (AvgIpc) is 3.24. The van der Waals surface area contributed by atoms with Crippen LogP contribution in [0.5, 0.6) is 0 Å². The molecule has 0 aliphatic carbocycles. The summed E-state index contributed by atoms with van der Waals surface area (Å²) in [6, 6.07) is 13.5. The molecule has 4 rings (SSSR count). The van der Waals surface area contributed by atoms with Gasteiger partial charge in [-0.25, -0.2) is 4.79 Å². The number of nitrogens with one attached hydrogen (secondary N) is 1. The lowest BCUT2D eigenvalue weighted by Gasteiger charge is -2.09. The number of carboxylic acid groups (broad SMARTS) is 1. The van der Waals surface area contributed by atoms with Gasteiger partial charge in [0.1, 0.15) is 5.69 Å². The lowest BCUT2D eigenvalue weighted by Crippen LogP contribution is -2.01. The molecule has 1 atom stereocenters. The Morgan fingerprint density at radius 3 is 2.96 bits per heavy atom. The first-order valence-corrected chi connectivity index (χ1v) is 7.62. The van der Waals surface area contributed by atoms with Crippen molar-refractivity contribution < 1.29 is 14.6 Å². The van der Waals surface area contributed by atoms with Crippen LogP contribution in [-0.2, 0) is 4.74 Å². The fourth-order valence-electron chi connectivity index (χ4n) is 3.01. The number of carboxylic acids is 1. The van der Waals surface area contributed by atoms with E-state index in [0.29, 0.717) is 5.92 Å². The molecule has 0 amide bonds. The van der Waals surface area contributed by atoms with Gasteiger partial charge in [0.2, 0.25) is 0 Å². The minimum absolute atomic E-state index is 0.196. The molecule has 1 fully saturated rings. The van der Waals surface area contributed by atoms with Crippen molar-refractivity contribution in [3.63, 3.8) is 0 Å². The molecule has 0 bridgehead atoms. The quantitative estimate of drug-likeness (QED) is 0.777. The van der Waals surface area contributed by atoms with Gasteiger partial charge in [-0.15, -0.1) is 0 Å². The molecule has 116 valence electrons. The van der Waals surface area contributed by atoms with Crippen LogP contribution in [0.3, 0.4) is 0 Å². The number of ether oxygens (including phenoxy) is 1. The van der Waals surface area contributed by atoms with Crippen molar-refractivity contribution in [3.8, 4) is 11.3 Å². The van der Waals surface area contributed by atoms with E-state index in [1.807, 2.05) is 36.4 Å². The third-order valence-electron chi connectivity index (χ3n) is 4.27. The summed E-state index contributed by atoms with van der Waals surface area (Å²) in [6.45, 7) is 1.53. The molecular formula is C18H16N2O3. The minimum atomic E-state index is -0.955. The summed E-state index contributed by atoms with van der Waals surface area (Å²) in [4.78, 5) is 18.7. The molecule has 1 aliphatic rings. The number of aromatic nitrogens is 2. The van der Waals surface area contributed by atoms with Crippen LogP contribution in [0.1, 0.15) is 28.5 Å². The van der Waals surface area contributed by atoms with Gasteiger partial charge in [0.25, 0.3) is 0 Å². The Hall–Kier alpha value is -2.66. The first kappa shape index (κ1) is 14.0. The van der Waals surface area contributed by atoms with Crippen molar-refractivity contribution in [1.29, 1.82) is 0 Å². The summed E-state index contributed by atoms with van der Waals surface area (Å²) in [5.74, 6) is -0.589. The van der Waals surface area contributed by atoms with Gasteiger partial charge in [0, 0.05) is 34.7 Å². The maximum absolute atomic E-state index is 11.1. The van der Waals surface area contributed by atoms with Gasteiger partial charge in [-0.1, -0.05) is 12.1 Å². The molecule has 1 aromatic carbocycles. The van der Waals surface area contributed by atoms with E-state index in [4.69, 9.17) is 14.8 Å². The molecule has 5 heteroatoms. The number of H-pyrrole nitrogens is 1. The number of aromatic carboxylic acids is 1. The Morgan fingerprint density at radius 2 is 2.17 bits per heavy atom. The van der Waals surface area contributed by atoms with Gasteiger partial charge in [-0.05, 0) is 36.8 Å². The summed E-state index contributed by atoms with van der Waals surface area (Å²) in [6.07, 6.45) is 1.01. The van der Waals surface area contributed by atoms with E-state index in [0.717, 1.165) is 47.5 Å². The summed E-state index contributed by atoms with van der Waals surface area (Å²) in [5.41, 5.74) is 3.94. The van der Waals surface area contributed by atoms with Crippen LogP contribution in [-0.4, -0.2) is 34.3 Å². The van der Waals surface area contributed by atoms with Gasteiger partial charge in [0.05, 0.1) is 12.3 Å². The van der Waals surface area contributed by atoms with Crippen molar-refractivity contribution in [3.05, 3.63) is 53.9 Å². The molecule has 0 unspecified atom stereocenters. The van der Waals surface area contributed by atoms with E-state index < -0.39 is 5.97 Å². The zero-order valence-electron chi connectivity index (χ0n) is 12.5. The van der Waals surface area contributed by atoms with Crippen LogP contribution >= 0.6 is 0 Å². The second kappa shape index (κ2) is 5.52. The smallest absolute Gasteiger partial charge is 0.352 e. The Morgan fingerprint density at radius 1 is 1.26 bits per heavy atom. The molecule has 0 spiro atoms. The van der Waals surface area contributed by atoms with Crippen LogP contribution in [0.4, 0.5) is 0 Å². The zero-order valence-corrected chi connectivity index (χ0v) is 12.5. The van der Waals surface area contributed by atoms with E-state index in [1.165, 1.54) is 0 Å². The molecule has 2 N–H and O–H groups in total. The standard InChI is InChI=1S/C18H16N2O3/c21-18(22)17-9-13-8-11(4-5-16(13)20-17)14-2-1-3-15(19-14)12-6-7-23-10-12/h1-5,8-9,12,20H,6-7,10H2,(H,21,22)/t12-/m0/s1. The number of fused-ring (bicyclic) bond motifs is 1. The molecule has 5 nitrogen and oxygen atoms in total. The normalized spacial score (nSPS) is 17.7. The molecule has 2 aromatic heterocycles. The van der Waals surface area contributed by atoms with E-state index in [2.05, 4.69) is 4.98 Å². The highest BCUT2D eigenvalue weighted by molar-refractivity contribution is 5.95. The van der Waals surface area contributed by atoms with Crippen LogP contribution in [0.2, 0.25) is 0 Å². The first-order valence-electron chi connectivity index (χ1n) is 7.62. The van der Waals surface area contributed by atoms with Crippen LogP contribution in [0, 0.1) is 0 Å². The second-order valence-corrected chi connectivity index (χ2v) is 5.80. The largest absolute Gasteiger partial charge is 0.477 e. The summed E-state index contributed by atoms with van der Waals surface area (Å²) >= 11 is 0. The van der Waals surface area contributed by atoms with Crippen molar-refractivity contribution in [2.24, 2.45) is 0 Å². The third kappa shape index (κ3) is 2.59. The summed E-state index contributed by atoms with van der Waals surface area (Å²) < 4.78 is 5.44. The number of carbonyl (C=O) groups is 1. The summed E-state index contributed by atoms with van der Waals surface area (Å²) in [5, 5.41) is 9.95. The number of benzene rings is 1. The monoisotopic (exact) mass is 308 g/mol. The van der Waals surface area contributed by atoms with E-state index in [1.54, 1.807) is 6.07 Å². The predicted octanol–water partition coefficient (Wildman–Crippen LogP) is 3.43. The van der Waals surface area contributed by atoms with Crippen molar-refractivity contribution in [2.45, 2.75) is 12.3 Å². The fourth-order valence-corrected chi connectivity index (χ4v) is 3.01. The molecule has 3 aromatic rings. The van der Waals surface area contributed by atoms with E-state index >= 15 is 0 Å². The molecule has 0 saturated carbocycles. The number of hydrogen-bond donors (Lipinski definition) is 2. The Labute approximate surface area is 132 Å². The molecular weight excluding hydrogens is 292 g/mol. The molecule has 23 heavy (non-hydrogen) atoms. The lowest BCUT2D eigenvalue weighted by molar-refractivity contribution is 0.0691.